The monoisotopic (exact) mass is 499 g/mol. The molecule has 0 saturated carbocycles. The van der Waals surface area contributed by atoms with Crippen LogP contribution in [0.2, 0.25) is 0 Å². The fourth-order valence-electron chi connectivity index (χ4n) is 5.27. The lowest BCUT2D eigenvalue weighted by Gasteiger charge is -2.33. The predicted octanol–water partition coefficient (Wildman–Crippen LogP) is 4.50. The molecule has 1 spiro atoms. The summed E-state index contributed by atoms with van der Waals surface area (Å²) in [4.78, 5) is 8.14. The minimum absolute atomic E-state index is 0.265. The van der Waals surface area contributed by atoms with Gasteiger partial charge >= 0.3 is 0 Å². The van der Waals surface area contributed by atoms with Crippen LogP contribution in [0.1, 0.15) is 19.3 Å². The number of nitrogens with one attached hydrogen (secondary N) is 2. The van der Waals surface area contributed by atoms with E-state index < -0.39 is 0 Å². The molecule has 0 bridgehead atoms. The number of rotatable bonds is 3. The first-order chi connectivity index (χ1) is 17.5. The van der Waals surface area contributed by atoms with Gasteiger partial charge in [0.1, 0.15) is 5.49 Å². The highest BCUT2D eigenvalue weighted by molar-refractivity contribution is 8.13. The molecule has 36 heavy (non-hydrogen) atoms. The summed E-state index contributed by atoms with van der Waals surface area (Å²) >= 11 is 1.34. The minimum atomic E-state index is 0.265. The van der Waals surface area contributed by atoms with Gasteiger partial charge in [-0.25, -0.2) is 0 Å². The second kappa shape index (κ2) is 9.22. The zero-order valence-corrected chi connectivity index (χ0v) is 21.1. The largest absolute Gasteiger partial charge is 0.381 e. The highest BCUT2D eigenvalue weighted by Gasteiger charge is 2.39. The van der Waals surface area contributed by atoms with Gasteiger partial charge in [-0.3, -0.25) is 25.1 Å². The molecule has 2 fully saturated rings. The van der Waals surface area contributed by atoms with Crippen LogP contribution in [-0.2, 0) is 11.8 Å². The summed E-state index contributed by atoms with van der Waals surface area (Å²) in [6.07, 6.45) is 11.0. The summed E-state index contributed by atoms with van der Waals surface area (Å²) in [6.45, 7) is 3.88. The summed E-state index contributed by atoms with van der Waals surface area (Å²) in [5.41, 5.74) is 4.63. The van der Waals surface area contributed by atoms with Crippen molar-refractivity contribution in [3.63, 3.8) is 0 Å². The van der Waals surface area contributed by atoms with E-state index in [1.54, 1.807) is 21.5 Å². The summed E-state index contributed by atoms with van der Waals surface area (Å²) in [5.74, 6) is 0. The molecular weight excluding hydrogens is 470 g/mol. The number of thioether (sulfide) groups is 1. The molecule has 0 amide bonds. The maximum Gasteiger partial charge on any atom is 0.171 e. The molecule has 4 aromatic rings. The second-order valence-corrected chi connectivity index (χ2v) is 10.9. The van der Waals surface area contributed by atoms with E-state index in [0.29, 0.717) is 5.41 Å². The standard InChI is InChI=1S/C27H29N7OS/c1-32-16-21(14-31-32)19-2-5-25(28)34(17-19)26(29)36-23-3-4-24-20(13-23)12-22(15-30-24)33-9-6-27(18-33)7-10-35-11-8-27/h2-5,12-17,28-29H,6-11,18H2,1H3. The Morgan fingerprint density at radius 2 is 1.89 bits per heavy atom. The van der Waals surface area contributed by atoms with E-state index in [0.717, 1.165) is 71.8 Å². The first kappa shape index (κ1) is 23.0. The summed E-state index contributed by atoms with van der Waals surface area (Å²) < 4.78 is 8.95. The highest BCUT2D eigenvalue weighted by Crippen LogP contribution is 2.41. The van der Waals surface area contributed by atoms with Crippen molar-refractivity contribution >= 4 is 33.5 Å². The van der Waals surface area contributed by atoms with Crippen molar-refractivity contribution in [2.45, 2.75) is 24.2 Å². The lowest BCUT2D eigenvalue weighted by Crippen LogP contribution is -2.33. The SMILES string of the molecule is Cn1cc(-c2ccc(=N)n(C(=N)Sc3ccc4ncc(N5CCC6(CCOCC6)C5)cc4c3)c2)cn1. The molecule has 184 valence electrons. The molecule has 0 radical (unpaired) electrons. The summed E-state index contributed by atoms with van der Waals surface area (Å²) in [6, 6.07) is 11.9. The quantitative estimate of drug-likeness (QED) is 0.246. The zero-order valence-electron chi connectivity index (χ0n) is 20.3. The van der Waals surface area contributed by atoms with Gasteiger partial charge in [0.25, 0.3) is 0 Å². The Hall–Kier alpha value is -3.43. The van der Waals surface area contributed by atoms with Crippen LogP contribution < -0.4 is 10.4 Å². The Kier molecular flexibility index (Phi) is 5.89. The van der Waals surface area contributed by atoms with Crippen LogP contribution >= 0.6 is 11.8 Å². The molecule has 2 aliphatic rings. The minimum Gasteiger partial charge on any atom is -0.381 e. The number of nitrogens with zero attached hydrogens (tertiary/aromatic N) is 5. The van der Waals surface area contributed by atoms with E-state index in [1.165, 1.54) is 18.2 Å². The van der Waals surface area contributed by atoms with Crippen LogP contribution in [0.15, 0.2) is 66.1 Å². The number of anilines is 1. The molecule has 2 aliphatic heterocycles. The molecule has 0 unspecified atom stereocenters. The van der Waals surface area contributed by atoms with Gasteiger partial charge in [0.05, 0.1) is 23.6 Å². The van der Waals surface area contributed by atoms with Gasteiger partial charge in [0.2, 0.25) is 0 Å². The number of hydrogen-bond donors (Lipinski definition) is 2. The fraction of sp³-hybridized carbons (Fsp3) is 0.333. The third-order valence-corrected chi connectivity index (χ3v) is 8.29. The maximum atomic E-state index is 8.72. The highest BCUT2D eigenvalue weighted by atomic mass is 32.2. The third kappa shape index (κ3) is 4.44. The maximum absolute atomic E-state index is 8.72. The topological polar surface area (TPSA) is 95.8 Å². The van der Waals surface area contributed by atoms with Crippen molar-refractivity contribution in [3.05, 3.63) is 66.7 Å². The van der Waals surface area contributed by atoms with Crippen molar-refractivity contribution in [2.24, 2.45) is 12.5 Å². The van der Waals surface area contributed by atoms with E-state index in [2.05, 4.69) is 22.1 Å². The molecule has 9 heteroatoms. The third-order valence-electron chi connectivity index (χ3n) is 7.42. The zero-order chi connectivity index (χ0) is 24.7. The van der Waals surface area contributed by atoms with Gasteiger partial charge in [-0.1, -0.05) is 11.8 Å². The van der Waals surface area contributed by atoms with Crippen LogP contribution in [0.5, 0.6) is 0 Å². The number of aryl methyl sites for hydroxylation is 1. The Balaban J connectivity index is 1.23. The number of benzene rings is 1. The second-order valence-electron chi connectivity index (χ2n) is 9.81. The first-order valence-electron chi connectivity index (χ1n) is 12.2. The van der Waals surface area contributed by atoms with E-state index in [4.69, 9.17) is 20.5 Å². The molecule has 3 aromatic heterocycles. The lowest BCUT2D eigenvalue weighted by atomic mass is 9.80. The van der Waals surface area contributed by atoms with Gasteiger partial charge in [-0.2, -0.15) is 5.10 Å². The normalized spacial score (nSPS) is 17.2. The molecule has 0 atom stereocenters. The summed E-state index contributed by atoms with van der Waals surface area (Å²) in [7, 11) is 1.88. The molecule has 1 aromatic carbocycles. The molecule has 0 aliphatic carbocycles. The first-order valence-corrected chi connectivity index (χ1v) is 13.1. The summed E-state index contributed by atoms with van der Waals surface area (Å²) in [5, 5.41) is 22.6. The predicted molar refractivity (Wildman–Crippen MR) is 143 cm³/mol. The number of pyridine rings is 2. The Labute approximate surface area is 213 Å². The average Bonchev–Trinajstić information content (AvgIpc) is 3.51. The van der Waals surface area contributed by atoms with Crippen molar-refractivity contribution in [1.82, 2.24) is 19.3 Å². The Bertz CT molecular complexity index is 1500. The molecule has 5 heterocycles. The molecular formula is C27H29N7OS. The van der Waals surface area contributed by atoms with Crippen molar-refractivity contribution in [2.75, 3.05) is 31.2 Å². The van der Waals surface area contributed by atoms with Crippen molar-refractivity contribution < 1.29 is 4.74 Å². The number of hydrogen-bond acceptors (Lipinski definition) is 7. The molecule has 2 saturated heterocycles. The van der Waals surface area contributed by atoms with Crippen LogP contribution in [0.3, 0.4) is 0 Å². The Morgan fingerprint density at radius 3 is 2.69 bits per heavy atom. The van der Waals surface area contributed by atoms with E-state index in [9.17, 15) is 0 Å². The van der Waals surface area contributed by atoms with Crippen molar-refractivity contribution in [1.29, 1.82) is 10.8 Å². The van der Waals surface area contributed by atoms with Crippen LogP contribution in [0.4, 0.5) is 5.69 Å². The van der Waals surface area contributed by atoms with E-state index >= 15 is 0 Å². The van der Waals surface area contributed by atoms with Gasteiger partial charge in [0.15, 0.2) is 5.17 Å². The molecule has 6 rings (SSSR count). The molecule has 8 nitrogen and oxygen atoms in total. The average molecular weight is 500 g/mol. The smallest absolute Gasteiger partial charge is 0.171 e. The van der Waals surface area contributed by atoms with Gasteiger partial charge in [-0.15, -0.1) is 0 Å². The van der Waals surface area contributed by atoms with E-state index in [1.807, 2.05) is 43.8 Å². The van der Waals surface area contributed by atoms with Gasteiger partial charge < -0.3 is 9.64 Å². The van der Waals surface area contributed by atoms with Crippen LogP contribution in [0.25, 0.3) is 22.0 Å². The van der Waals surface area contributed by atoms with Crippen LogP contribution in [-0.4, -0.2) is 50.8 Å². The van der Waals surface area contributed by atoms with Crippen molar-refractivity contribution in [3.8, 4) is 11.1 Å². The van der Waals surface area contributed by atoms with Gasteiger partial charge in [0, 0.05) is 67.2 Å². The number of fused-ring (bicyclic) bond motifs is 1. The van der Waals surface area contributed by atoms with Crippen LogP contribution in [0, 0.1) is 16.2 Å². The number of ether oxygens (including phenoxy) is 1. The van der Waals surface area contributed by atoms with E-state index in [-0.39, 0.29) is 10.7 Å². The van der Waals surface area contributed by atoms with Gasteiger partial charge in [-0.05, 0) is 61.1 Å². The fourth-order valence-corrected chi connectivity index (χ4v) is 6.07. The lowest BCUT2D eigenvalue weighted by molar-refractivity contribution is 0.0254. The number of aromatic nitrogens is 4. The molecule has 2 N–H and O–H groups in total. The Morgan fingerprint density at radius 1 is 1.03 bits per heavy atom.